The number of aldehydes is 1. The SMILES string of the molecule is Cc1cc2ccccc2cc1C(=O)/C(C=O)=C/c1cc2c(s1)-c1ccc(N(c3ccccc3)c3ccccc3)nc1C2(C)C. The Morgan fingerprint density at radius 2 is 1.41 bits per heavy atom. The van der Waals surface area contributed by atoms with Crippen LogP contribution in [0.25, 0.3) is 27.3 Å². The summed E-state index contributed by atoms with van der Waals surface area (Å²) in [6.45, 7) is 6.29. The Morgan fingerprint density at radius 3 is 2.05 bits per heavy atom. The Hall–Kier alpha value is -5.13. The summed E-state index contributed by atoms with van der Waals surface area (Å²) < 4.78 is 0. The molecule has 5 heteroatoms. The normalized spacial score (nSPS) is 13.4. The number of para-hydroxylation sites is 2. The molecule has 0 unspecified atom stereocenters. The first-order chi connectivity index (χ1) is 21.3. The van der Waals surface area contributed by atoms with Crippen LogP contribution < -0.4 is 4.90 Å². The summed E-state index contributed by atoms with van der Waals surface area (Å²) in [5.41, 5.74) is 6.53. The van der Waals surface area contributed by atoms with Crippen LogP contribution in [-0.2, 0) is 10.2 Å². The van der Waals surface area contributed by atoms with Crippen LogP contribution in [0.5, 0.6) is 0 Å². The van der Waals surface area contributed by atoms with Crippen molar-refractivity contribution >= 4 is 57.4 Å². The third kappa shape index (κ3) is 4.66. The second-order valence-electron chi connectivity index (χ2n) is 11.6. The number of aromatic nitrogens is 1. The summed E-state index contributed by atoms with van der Waals surface area (Å²) in [6.07, 6.45) is 2.41. The maximum absolute atomic E-state index is 13.6. The van der Waals surface area contributed by atoms with Gasteiger partial charge >= 0.3 is 0 Å². The van der Waals surface area contributed by atoms with Gasteiger partial charge in [-0.25, -0.2) is 4.98 Å². The molecule has 0 saturated heterocycles. The van der Waals surface area contributed by atoms with Gasteiger partial charge in [-0.15, -0.1) is 11.3 Å². The molecule has 0 atom stereocenters. The van der Waals surface area contributed by atoms with E-state index in [4.69, 9.17) is 4.98 Å². The number of allylic oxidation sites excluding steroid dienone is 1. The Kier molecular flexibility index (Phi) is 6.83. The lowest BCUT2D eigenvalue weighted by atomic mass is 9.86. The zero-order valence-electron chi connectivity index (χ0n) is 24.7. The molecule has 4 aromatic carbocycles. The predicted octanol–water partition coefficient (Wildman–Crippen LogP) is 9.85. The van der Waals surface area contributed by atoms with Crippen LogP contribution in [0.1, 0.15) is 45.9 Å². The molecule has 4 nitrogen and oxygen atoms in total. The number of Topliss-reactive ketones (excluding diaryl/α,β-unsaturated/α-hetero) is 1. The van der Waals surface area contributed by atoms with E-state index in [1.807, 2.05) is 79.7 Å². The average molecular weight is 591 g/mol. The molecule has 0 saturated carbocycles. The summed E-state index contributed by atoms with van der Waals surface area (Å²) in [6, 6.07) is 38.7. The molecule has 6 aromatic rings. The van der Waals surface area contributed by atoms with Gasteiger partial charge in [0.05, 0.1) is 11.3 Å². The largest absolute Gasteiger partial charge is 0.298 e. The number of carbonyl (C=O) groups is 2. The molecule has 0 radical (unpaired) electrons. The van der Waals surface area contributed by atoms with E-state index in [9.17, 15) is 9.59 Å². The molecule has 214 valence electrons. The van der Waals surface area contributed by atoms with Crippen molar-refractivity contribution < 1.29 is 9.59 Å². The molecule has 44 heavy (non-hydrogen) atoms. The van der Waals surface area contributed by atoms with Gasteiger partial charge in [-0.05, 0) is 83.4 Å². The maximum atomic E-state index is 13.6. The minimum Gasteiger partial charge on any atom is -0.298 e. The summed E-state index contributed by atoms with van der Waals surface area (Å²) in [4.78, 5) is 35.2. The minimum atomic E-state index is -0.359. The Bertz CT molecular complexity index is 2050. The first-order valence-corrected chi connectivity index (χ1v) is 15.4. The van der Waals surface area contributed by atoms with Crippen LogP contribution in [0.2, 0.25) is 0 Å². The molecule has 1 aliphatic carbocycles. The van der Waals surface area contributed by atoms with Crippen LogP contribution in [0.15, 0.2) is 121 Å². The van der Waals surface area contributed by atoms with Gasteiger partial charge in [0.1, 0.15) is 5.82 Å². The van der Waals surface area contributed by atoms with E-state index in [1.165, 1.54) is 0 Å². The molecule has 0 aliphatic heterocycles. The van der Waals surface area contributed by atoms with E-state index in [0.29, 0.717) is 11.8 Å². The van der Waals surface area contributed by atoms with Gasteiger partial charge in [-0.3, -0.25) is 14.5 Å². The number of rotatable bonds is 7. The number of nitrogens with zero attached hydrogens (tertiary/aromatic N) is 2. The average Bonchev–Trinajstić information content (AvgIpc) is 3.56. The zero-order chi connectivity index (χ0) is 30.4. The molecule has 2 heterocycles. The number of hydrogen-bond acceptors (Lipinski definition) is 5. The summed E-state index contributed by atoms with van der Waals surface area (Å²) in [5.74, 6) is 0.591. The Morgan fingerprint density at radius 1 is 0.795 bits per heavy atom. The number of anilines is 3. The van der Waals surface area contributed by atoms with Gasteiger partial charge in [0, 0.05) is 37.7 Å². The quantitative estimate of drug-likeness (QED) is 0.0610. The standard InChI is InChI=1S/C39H30N2O2S/c1-25-20-26-12-10-11-13-27(26)22-33(25)36(43)28(24-42)21-31-23-34-37(44-31)32-18-19-35(40-38(32)39(34,2)3)41(29-14-6-4-7-15-29)30-16-8-5-9-17-30/h4-24H,1-3H3/b28-21+. The second kappa shape index (κ2) is 10.9. The van der Waals surface area contributed by atoms with Gasteiger partial charge in [0.15, 0.2) is 12.1 Å². The second-order valence-corrected chi connectivity index (χ2v) is 12.7. The van der Waals surface area contributed by atoms with Gasteiger partial charge < -0.3 is 0 Å². The monoisotopic (exact) mass is 590 g/mol. The van der Waals surface area contributed by atoms with Gasteiger partial charge in [-0.1, -0.05) is 80.6 Å². The highest BCUT2D eigenvalue weighted by Crippen LogP contribution is 2.52. The molecule has 0 amide bonds. The number of carbonyl (C=O) groups excluding carboxylic acids is 2. The highest BCUT2D eigenvalue weighted by Gasteiger charge is 2.39. The van der Waals surface area contributed by atoms with E-state index in [2.05, 4.69) is 61.2 Å². The van der Waals surface area contributed by atoms with Crippen LogP contribution >= 0.6 is 11.3 Å². The predicted molar refractivity (Wildman–Crippen MR) is 181 cm³/mol. The van der Waals surface area contributed by atoms with Crippen molar-refractivity contribution in [2.75, 3.05) is 4.90 Å². The topological polar surface area (TPSA) is 50.3 Å². The fourth-order valence-corrected chi connectivity index (χ4v) is 7.43. The molecular formula is C39H30N2O2S. The van der Waals surface area contributed by atoms with E-state index in [0.717, 1.165) is 60.1 Å². The van der Waals surface area contributed by atoms with Crippen LogP contribution in [-0.4, -0.2) is 17.1 Å². The molecule has 0 bridgehead atoms. The third-order valence-corrected chi connectivity index (χ3v) is 9.54. The van der Waals surface area contributed by atoms with Crippen molar-refractivity contribution in [3.05, 3.63) is 148 Å². The number of benzene rings is 4. The first kappa shape index (κ1) is 27.7. The zero-order valence-corrected chi connectivity index (χ0v) is 25.6. The fraction of sp³-hybridized carbons (Fsp3) is 0.103. The Labute approximate surface area is 261 Å². The molecule has 0 spiro atoms. The van der Waals surface area contributed by atoms with E-state index in [-0.39, 0.29) is 16.8 Å². The highest BCUT2D eigenvalue weighted by atomic mass is 32.1. The van der Waals surface area contributed by atoms with Crippen molar-refractivity contribution in [3.8, 4) is 10.4 Å². The number of pyridine rings is 1. The van der Waals surface area contributed by atoms with Crippen LogP contribution in [0.4, 0.5) is 17.2 Å². The molecule has 2 aromatic heterocycles. The number of hydrogen-bond donors (Lipinski definition) is 0. The molecular weight excluding hydrogens is 561 g/mol. The smallest absolute Gasteiger partial charge is 0.196 e. The van der Waals surface area contributed by atoms with Crippen molar-refractivity contribution in [2.45, 2.75) is 26.2 Å². The number of ketones is 1. The van der Waals surface area contributed by atoms with Crippen molar-refractivity contribution in [3.63, 3.8) is 0 Å². The van der Waals surface area contributed by atoms with Crippen molar-refractivity contribution in [2.24, 2.45) is 0 Å². The minimum absolute atomic E-state index is 0.149. The maximum Gasteiger partial charge on any atom is 0.196 e. The summed E-state index contributed by atoms with van der Waals surface area (Å²) in [7, 11) is 0. The van der Waals surface area contributed by atoms with Crippen molar-refractivity contribution in [1.82, 2.24) is 4.98 Å². The van der Waals surface area contributed by atoms with Crippen LogP contribution in [0.3, 0.4) is 0 Å². The lowest BCUT2D eigenvalue weighted by molar-refractivity contribution is -0.104. The number of fused-ring (bicyclic) bond motifs is 4. The number of aryl methyl sites for hydroxylation is 1. The molecule has 1 aliphatic rings. The summed E-state index contributed by atoms with van der Waals surface area (Å²) >= 11 is 1.60. The third-order valence-electron chi connectivity index (χ3n) is 8.42. The van der Waals surface area contributed by atoms with E-state index < -0.39 is 0 Å². The van der Waals surface area contributed by atoms with Crippen LogP contribution in [0, 0.1) is 6.92 Å². The van der Waals surface area contributed by atoms with Gasteiger partial charge in [0.25, 0.3) is 0 Å². The van der Waals surface area contributed by atoms with Gasteiger partial charge in [0.2, 0.25) is 0 Å². The van der Waals surface area contributed by atoms with Crippen molar-refractivity contribution in [1.29, 1.82) is 0 Å². The summed E-state index contributed by atoms with van der Waals surface area (Å²) in [5, 5.41) is 2.05. The fourth-order valence-electron chi connectivity index (χ4n) is 6.13. The molecule has 7 rings (SSSR count). The van der Waals surface area contributed by atoms with Gasteiger partial charge in [-0.2, -0.15) is 0 Å². The highest BCUT2D eigenvalue weighted by molar-refractivity contribution is 7.16. The molecule has 0 fully saturated rings. The van der Waals surface area contributed by atoms with E-state index in [1.54, 1.807) is 17.4 Å². The van der Waals surface area contributed by atoms with E-state index >= 15 is 0 Å². The Balaban J connectivity index is 1.26. The lowest BCUT2D eigenvalue weighted by Gasteiger charge is -2.26. The first-order valence-electron chi connectivity index (χ1n) is 14.6. The number of thiophene rings is 1. The molecule has 0 N–H and O–H groups in total. The lowest BCUT2D eigenvalue weighted by Crippen LogP contribution is -2.19.